The SMILES string of the molecule is CCCOC(=O)N1CCC2(CC1)CN(CC(=O)OCC)CCN2C. The van der Waals surface area contributed by atoms with Crippen LogP contribution in [0, 0.1) is 0 Å². The predicted molar refractivity (Wildman–Crippen MR) is 90.9 cm³/mol. The Labute approximate surface area is 144 Å². The van der Waals surface area contributed by atoms with Gasteiger partial charge >= 0.3 is 12.1 Å². The van der Waals surface area contributed by atoms with Crippen LogP contribution in [0.15, 0.2) is 0 Å². The first-order chi connectivity index (χ1) is 11.5. The van der Waals surface area contributed by atoms with E-state index >= 15 is 0 Å². The summed E-state index contributed by atoms with van der Waals surface area (Å²) in [6.07, 6.45) is 2.46. The fourth-order valence-electron chi connectivity index (χ4n) is 3.59. The van der Waals surface area contributed by atoms with Crippen LogP contribution in [-0.2, 0) is 14.3 Å². The second kappa shape index (κ2) is 8.67. The van der Waals surface area contributed by atoms with Crippen LogP contribution < -0.4 is 0 Å². The second-order valence-electron chi connectivity index (χ2n) is 6.76. The summed E-state index contributed by atoms with van der Waals surface area (Å²) in [5.41, 5.74) is 0.0340. The Morgan fingerprint density at radius 1 is 1.04 bits per heavy atom. The summed E-state index contributed by atoms with van der Waals surface area (Å²) < 4.78 is 10.3. The highest BCUT2D eigenvalue weighted by atomic mass is 16.6. The number of rotatable bonds is 5. The fourth-order valence-corrected chi connectivity index (χ4v) is 3.59. The van der Waals surface area contributed by atoms with Crippen molar-refractivity contribution in [1.82, 2.24) is 14.7 Å². The van der Waals surface area contributed by atoms with Gasteiger partial charge in [0, 0.05) is 38.3 Å². The van der Waals surface area contributed by atoms with E-state index in [1.54, 1.807) is 4.90 Å². The molecule has 0 aromatic heterocycles. The van der Waals surface area contributed by atoms with Crippen molar-refractivity contribution in [1.29, 1.82) is 0 Å². The van der Waals surface area contributed by atoms with Crippen molar-refractivity contribution in [2.45, 2.75) is 38.6 Å². The van der Waals surface area contributed by atoms with E-state index in [9.17, 15) is 9.59 Å². The number of esters is 1. The van der Waals surface area contributed by atoms with Gasteiger partial charge in [-0.15, -0.1) is 0 Å². The minimum atomic E-state index is -0.200. The normalized spacial score (nSPS) is 21.7. The third-order valence-electron chi connectivity index (χ3n) is 5.12. The lowest BCUT2D eigenvalue weighted by molar-refractivity contribution is -0.146. The van der Waals surface area contributed by atoms with Crippen LogP contribution >= 0.6 is 0 Å². The number of nitrogens with zero attached hydrogens (tertiary/aromatic N) is 3. The highest BCUT2D eigenvalue weighted by molar-refractivity contribution is 5.71. The van der Waals surface area contributed by atoms with Crippen LogP contribution in [0.3, 0.4) is 0 Å². The Morgan fingerprint density at radius 3 is 2.38 bits per heavy atom. The third kappa shape index (κ3) is 4.60. The molecule has 0 radical (unpaired) electrons. The first-order valence-corrected chi connectivity index (χ1v) is 9.01. The van der Waals surface area contributed by atoms with E-state index in [-0.39, 0.29) is 17.6 Å². The molecule has 0 bridgehead atoms. The molecule has 0 saturated carbocycles. The largest absolute Gasteiger partial charge is 0.465 e. The zero-order valence-electron chi connectivity index (χ0n) is 15.3. The maximum Gasteiger partial charge on any atom is 0.409 e. The quantitative estimate of drug-likeness (QED) is 0.700. The number of likely N-dealkylation sites (tertiary alicyclic amines) is 1. The van der Waals surface area contributed by atoms with Gasteiger partial charge in [0.1, 0.15) is 0 Å². The van der Waals surface area contributed by atoms with Gasteiger partial charge < -0.3 is 14.4 Å². The van der Waals surface area contributed by atoms with E-state index in [1.165, 1.54) is 0 Å². The van der Waals surface area contributed by atoms with Gasteiger partial charge in [0.15, 0.2) is 0 Å². The Morgan fingerprint density at radius 2 is 1.75 bits per heavy atom. The van der Waals surface area contributed by atoms with E-state index in [0.29, 0.717) is 32.8 Å². The van der Waals surface area contributed by atoms with Gasteiger partial charge in [0.2, 0.25) is 0 Å². The van der Waals surface area contributed by atoms with E-state index in [2.05, 4.69) is 16.8 Å². The van der Waals surface area contributed by atoms with Crippen molar-refractivity contribution >= 4 is 12.1 Å². The smallest absolute Gasteiger partial charge is 0.409 e. The van der Waals surface area contributed by atoms with E-state index < -0.39 is 0 Å². The lowest BCUT2D eigenvalue weighted by atomic mass is 9.84. The van der Waals surface area contributed by atoms with Crippen molar-refractivity contribution in [2.24, 2.45) is 0 Å². The molecule has 7 heteroatoms. The van der Waals surface area contributed by atoms with Crippen molar-refractivity contribution < 1.29 is 19.1 Å². The molecule has 24 heavy (non-hydrogen) atoms. The first kappa shape index (κ1) is 19.0. The van der Waals surface area contributed by atoms with Gasteiger partial charge in [-0.25, -0.2) is 4.79 Å². The Hall–Kier alpha value is -1.34. The van der Waals surface area contributed by atoms with E-state index in [1.807, 2.05) is 13.8 Å². The van der Waals surface area contributed by atoms with Crippen LogP contribution in [-0.4, -0.2) is 91.8 Å². The molecule has 2 aliphatic rings. The molecule has 1 amide bonds. The molecule has 0 N–H and O–H groups in total. The summed E-state index contributed by atoms with van der Waals surface area (Å²) >= 11 is 0. The number of piperidine rings is 1. The molecule has 7 nitrogen and oxygen atoms in total. The zero-order valence-corrected chi connectivity index (χ0v) is 15.3. The Balaban J connectivity index is 1.89. The monoisotopic (exact) mass is 341 g/mol. The molecule has 2 rings (SSSR count). The van der Waals surface area contributed by atoms with Crippen LogP contribution in [0.2, 0.25) is 0 Å². The number of carbonyl (C=O) groups excluding carboxylic acids is 2. The van der Waals surface area contributed by atoms with E-state index in [0.717, 1.165) is 38.9 Å². The molecule has 0 aromatic carbocycles. The summed E-state index contributed by atoms with van der Waals surface area (Å²) in [6.45, 7) is 9.15. The van der Waals surface area contributed by atoms with Crippen molar-refractivity contribution in [3.63, 3.8) is 0 Å². The Kier molecular flexibility index (Phi) is 6.86. The molecule has 2 heterocycles. The van der Waals surface area contributed by atoms with Gasteiger partial charge in [0.05, 0.1) is 19.8 Å². The van der Waals surface area contributed by atoms with Gasteiger partial charge in [-0.2, -0.15) is 0 Å². The molecule has 138 valence electrons. The number of ether oxygens (including phenoxy) is 2. The standard InChI is InChI=1S/C17H31N3O4/c1-4-12-24-16(22)20-8-6-17(7-9-20)14-19(11-10-18(17)3)13-15(21)23-5-2/h4-14H2,1-3H3. The number of hydrogen-bond donors (Lipinski definition) is 0. The van der Waals surface area contributed by atoms with Crippen LogP contribution in [0.1, 0.15) is 33.1 Å². The highest BCUT2D eigenvalue weighted by Crippen LogP contribution is 2.31. The summed E-state index contributed by atoms with van der Waals surface area (Å²) in [7, 11) is 2.15. The maximum atomic E-state index is 12.0. The molecule has 0 unspecified atom stereocenters. The summed E-state index contributed by atoms with van der Waals surface area (Å²) in [5, 5.41) is 0. The molecule has 2 saturated heterocycles. The molecule has 0 atom stereocenters. The van der Waals surface area contributed by atoms with Crippen LogP contribution in [0.25, 0.3) is 0 Å². The summed E-state index contributed by atoms with van der Waals surface area (Å²) in [4.78, 5) is 30.1. The summed E-state index contributed by atoms with van der Waals surface area (Å²) in [6, 6.07) is 0. The predicted octanol–water partition coefficient (Wildman–Crippen LogP) is 1.18. The van der Waals surface area contributed by atoms with E-state index in [4.69, 9.17) is 9.47 Å². The second-order valence-corrected chi connectivity index (χ2v) is 6.76. The highest BCUT2D eigenvalue weighted by Gasteiger charge is 2.43. The van der Waals surface area contributed by atoms with Gasteiger partial charge in [0.25, 0.3) is 0 Å². The van der Waals surface area contributed by atoms with Crippen molar-refractivity contribution in [2.75, 3.05) is 59.5 Å². The van der Waals surface area contributed by atoms with Gasteiger partial charge in [-0.3, -0.25) is 14.6 Å². The van der Waals surface area contributed by atoms with Gasteiger partial charge in [-0.1, -0.05) is 6.92 Å². The van der Waals surface area contributed by atoms with Crippen LogP contribution in [0.5, 0.6) is 0 Å². The number of amides is 1. The first-order valence-electron chi connectivity index (χ1n) is 9.01. The summed E-state index contributed by atoms with van der Waals surface area (Å²) in [5.74, 6) is -0.155. The van der Waals surface area contributed by atoms with Crippen molar-refractivity contribution in [3.8, 4) is 0 Å². The minimum Gasteiger partial charge on any atom is -0.465 e. The Bertz CT molecular complexity index is 436. The molecule has 2 fully saturated rings. The average molecular weight is 341 g/mol. The number of hydrogen-bond acceptors (Lipinski definition) is 6. The lowest BCUT2D eigenvalue weighted by Gasteiger charge is -2.52. The van der Waals surface area contributed by atoms with Gasteiger partial charge in [-0.05, 0) is 33.2 Å². The molecule has 2 aliphatic heterocycles. The third-order valence-corrected chi connectivity index (χ3v) is 5.12. The number of carbonyl (C=O) groups is 2. The molecular weight excluding hydrogens is 310 g/mol. The lowest BCUT2D eigenvalue weighted by Crippen LogP contribution is -2.65. The van der Waals surface area contributed by atoms with Crippen LogP contribution in [0.4, 0.5) is 4.79 Å². The number of piperazine rings is 1. The molecule has 0 aromatic rings. The minimum absolute atomic E-state index is 0.0340. The molecule has 1 spiro atoms. The zero-order chi connectivity index (χ0) is 17.6. The average Bonchev–Trinajstić information content (AvgIpc) is 2.57. The fraction of sp³-hybridized carbons (Fsp3) is 0.882. The molecular formula is C17H31N3O4. The molecule has 0 aliphatic carbocycles. The topological polar surface area (TPSA) is 62.3 Å². The van der Waals surface area contributed by atoms with Crippen molar-refractivity contribution in [3.05, 3.63) is 0 Å². The number of likely N-dealkylation sites (N-methyl/N-ethyl adjacent to an activating group) is 1. The maximum absolute atomic E-state index is 12.0.